The lowest BCUT2D eigenvalue weighted by Gasteiger charge is -2.31. The molecule has 0 spiro atoms. The molecule has 1 aliphatic rings. The molecule has 1 aromatic carbocycles. The molecule has 156 valence electrons. The monoisotopic (exact) mass is 432 g/mol. The third kappa shape index (κ3) is 5.59. The SMILES string of the molecule is COC(=O)COc1ccc(S(=O)(=O)N2CCC[C@H](C(=O)NC(C)C)C2)cc1Cl. The zero-order valence-electron chi connectivity index (χ0n) is 16.1. The molecule has 8 nitrogen and oxygen atoms in total. The number of halogens is 1. The average molecular weight is 433 g/mol. The van der Waals surface area contributed by atoms with Gasteiger partial charge in [-0.15, -0.1) is 0 Å². The van der Waals surface area contributed by atoms with Gasteiger partial charge in [-0.05, 0) is 44.9 Å². The Hall–Kier alpha value is -1.84. The summed E-state index contributed by atoms with van der Waals surface area (Å²) in [6.07, 6.45) is 1.25. The molecular weight excluding hydrogens is 408 g/mol. The Morgan fingerprint density at radius 1 is 1.36 bits per heavy atom. The fourth-order valence-electron chi connectivity index (χ4n) is 2.88. The number of ether oxygens (including phenoxy) is 2. The highest BCUT2D eigenvalue weighted by molar-refractivity contribution is 7.89. The van der Waals surface area contributed by atoms with Gasteiger partial charge in [0, 0.05) is 19.1 Å². The Labute approximate surface area is 170 Å². The molecule has 0 bridgehead atoms. The first-order chi connectivity index (χ1) is 13.1. The van der Waals surface area contributed by atoms with E-state index in [0.29, 0.717) is 19.4 Å². The van der Waals surface area contributed by atoms with E-state index >= 15 is 0 Å². The smallest absolute Gasteiger partial charge is 0.343 e. The maximum absolute atomic E-state index is 13.0. The molecule has 1 aromatic rings. The molecule has 28 heavy (non-hydrogen) atoms. The van der Waals surface area contributed by atoms with E-state index in [9.17, 15) is 18.0 Å². The lowest BCUT2D eigenvalue weighted by Crippen LogP contribution is -2.46. The number of sulfonamides is 1. The fraction of sp³-hybridized carbons (Fsp3) is 0.556. The summed E-state index contributed by atoms with van der Waals surface area (Å²) in [6.45, 7) is 3.86. The van der Waals surface area contributed by atoms with Crippen LogP contribution in [0.3, 0.4) is 0 Å². The molecule has 1 heterocycles. The number of nitrogens with zero attached hydrogens (tertiary/aromatic N) is 1. The summed E-state index contributed by atoms with van der Waals surface area (Å²) >= 11 is 6.11. The van der Waals surface area contributed by atoms with E-state index in [1.54, 1.807) is 0 Å². The average Bonchev–Trinajstić information content (AvgIpc) is 2.66. The number of hydrogen-bond acceptors (Lipinski definition) is 6. The Kier molecular flexibility index (Phi) is 7.68. The predicted molar refractivity (Wildman–Crippen MR) is 104 cm³/mol. The topological polar surface area (TPSA) is 102 Å². The first-order valence-corrected chi connectivity index (χ1v) is 10.8. The molecule has 0 unspecified atom stereocenters. The van der Waals surface area contributed by atoms with Gasteiger partial charge < -0.3 is 14.8 Å². The van der Waals surface area contributed by atoms with Crippen molar-refractivity contribution in [3.8, 4) is 5.75 Å². The van der Waals surface area contributed by atoms with Gasteiger partial charge in [0.25, 0.3) is 0 Å². The molecule has 0 saturated carbocycles. The Morgan fingerprint density at radius 3 is 2.68 bits per heavy atom. The van der Waals surface area contributed by atoms with Gasteiger partial charge in [-0.2, -0.15) is 4.31 Å². The van der Waals surface area contributed by atoms with Gasteiger partial charge >= 0.3 is 5.97 Å². The lowest BCUT2D eigenvalue weighted by atomic mass is 9.98. The summed E-state index contributed by atoms with van der Waals surface area (Å²) in [5.74, 6) is -0.922. The number of piperidine rings is 1. The highest BCUT2D eigenvalue weighted by Crippen LogP contribution is 2.30. The largest absolute Gasteiger partial charge is 0.480 e. The van der Waals surface area contributed by atoms with Crippen LogP contribution in [0.25, 0.3) is 0 Å². The molecule has 1 amide bonds. The molecule has 1 fully saturated rings. The standard InChI is InChI=1S/C18H25ClN2O6S/c1-12(2)20-18(23)13-5-4-8-21(10-13)28(24,25)14-6-7-16(15(19)9-14)27-11-17(22)26-3/h6-7,9,12-13H,4-5,8,10-11H2,1-3H3,(H,20,23)/t13-/m0/s1. The summed E-state index contributed by atoms with van der Waals surface area (Å²) in [5, 5.41) is 2.90. The van der Waals surface area contributed by atoms with Crippen molar-refractivity contribution in [2.45, 2.75) is 37.6 Å². The molecule has 2 rings (SSSR count). The summed E-state index contributed by atoms with van der Waals surface area (Å²) in [7, 11) is -2.58. The van der Waals surface area contributed by atoms with Crippen molar-refractivity contribution < 1.29 is 27.5 Å². The van der Waals surface area contributed by atoms with E-state index in [1.165, 1.54) is 29.6 Å². The van der Waals surface area contributed by atoms with Crippen molar-refractivity contribution in [3.63, 3.8) is 0 Å². The number of carbonyl (C=O) groups is 2. The van der Waals surface area contributed by atoms with E-state index in [4.69, 9.17) is 16.3 Å². The van der Waals surface area contributed by atoms with Gasteiger partial charge in [0.1, 0.15) is 5.75 Å². The minimum absolute atomic E-state index is 0.00387. The molecule has 10 heteroatoms. The summed E-state index contributed by atoms with van der Waals surface area (Å²) in [6, 6.07) is 4.04. The van der Waals surface area contributed by atoms with Crippen molar-refractivity contribution in [2.24, 2.45) is 5.92 Å². The van der Waals surface area contributed by atoms with Crippen molar-refractivity contribution in [1.29, 1.82) is 0 Å². The summed E-state index contributed by atoms with van der Waals surface area (Å²) in [5.41, 5.74) is 0. The van der Waals surface area contributed by atoms with Crippen LogP contribution in [-0.4, -0.2) is 57.4 Å². The maximum Gasteiger partial charge on any atom is 0.343 e. The van der Waals surface area contributed by atoms with E-state index in [1.807, 2.05) is 13.8 Å². The normalized spacial score (nSPS) is 18.0. The van der Waals surface area contributed by atoms with E-state index in [-0.39, 0.29) is 46.7 Å². The molecule has 1 atom stereocenters. The number of carbonyl (C=O) groups excluding carboxylic acids is 2. The molecule has 0 aromatic heterocycles. The number of amides is 1. The van der Waals surface area contributed by atoms with Gasteiger partial charge in [-0.25, -0.2) is 13.2 Å². The van der Waals surface area contributed by atoms with Crippen molar-refractivity contribution in [3.05, 3.63) is 23.2 Å². The number of benzene rings is 1. The number of rotatable bonds is 7. The zero-order valence-corrected chi connectivity index (χ0v) is 17.7. The minimum Gasteiger partial charge on any atom is -0.480 e. The van der Waals surface area contributed by atoms with Gasteiger partial charge in [0.05, 0.1) is 22.9 Å². The van der Waals surface area contributed by atoms with E-state index < -0.39 is 16.0 Å². The number of methoxy groups -OCH3 is 1. The first-order valence-electron chi connectivity index (χ1n) is 8.95. The second kappa shape index (κ2) is 9.58. The highest BCUT2D eigenvalue weighted by atomic mass is 35.5. The van der Waals surface area contributed by atoms with Crippen LogP contribution in [0.5, 0.6) is 5.75 Å². The van der Waals surface area contributed by atoms with E-state index in [2.05, 4.69) is 10.1 Å². The summed E-state index contributed by atoms with van der Waals surface area (Å²) < 4.78 is 37.0. The zero-order chi connectivity index (χ0) is 20.9. The molecule has 1 N–H and O–H groups in total. The molecule has 0 aliphatic carbocycles. The maximum atomic E-state index is 13.0. The predicted octanol–water partition coefficient (Wildman–Crippen LogP) is 1.82. The first kappa shape index (κ1) is 22.4. The van der Waals surface area contributed by atoms with Crippen LogP contribution in [0.2, 0.25) is 5.02 Å². The highest BCUT2D eigenvalue weighted by Gasteiger charge is 2.33. The third-order valence-corrected chi connectivity index (χ3v) is 6.46. The third-order valence-electron chi connectivity index (χ3n) is 4.30. The Morgan fingerprint density at radius 2 is 2.07 bits per heavy atom. The van der Waals surface area contributed by atoms with Gasteiger partial charge in [0.15, 0.2) is 6.61 Å². The van der Waals surface area contributed by atoms with Crippen LogP contribution in [0.15, 0.2) is 23.1 Å². The van der Waals surface area contributed by atoms with Crippen LogP contribution in [0, 0.1) is 5.92 Å². The minimum atomic E-state index is -3.81. The van der Waals surface area contributed by atoms with Crippen LogP contribution in [0.1, 0.15) is 26.7 Å². The number of hydrogen-bond donors (Lipinski definition) is 1. The van der Waals surface area contributed by atoms with Gasteiger partial charge in [-0.1, -0.05) is 11.6 Å². The quantitative estimate of drug-likeness (QED) is 0.659. The van der Waals surface area contributed by atoms with Crippen molar-refractivity contribution >= 4 is 33.5 Å². The second-order valence-corrected chi connectivity index (χ2v) is 9.17. The van der Waals surface area contributed by atoms with E-state index in [0.717, 1.165) is 0 Å². The lowest BCUT2D eigenvalue weighted by molar-refractivity contribution is -0.142. The molecular formula is C18H25ClN2O6S. The summed E-state index contributed by atoms with van der Waals surface area (Å²) in [4.78, 5) is 23.4. The molecule has 1 aliphatic heterocycles. The number of nitrogens with one attached hydrogen (secondary N) is 1. The Balaban J connectivity index is 2.14. The van der Waals surface area contributed by atoms with Crippen molar-refractivity contribution in [1.82, 2.24) is 9.62 Å². The van der Waals surface area contributed by atoms with Crippen LogP contribution >= 0.6 is 11.6 Å². The molecule has 1 saturated heterocycles. The van der Waals surface area contributed by atoms with Gasteiger partial charge in [0.2, 0.25) is 15.9 Å². The Bertz CT molecular complexity index is 827. The molecule has 0 radical (unpaired) electrons. The van der Waals surface area contributed by atoms with Crippen molar-refractivity contribution in [2.75, 3.05) is 26.8 Å². The van der Waals surface area contributed by atoms with Crippen LogP contribution in [-0.2, 0) is 24.3 Å². The number of esters is 1. The fourth-order valence-corrected chi connectivity index (χ4v) is 4.73. The van der Waals surface area contributed by atoms with Crippen LogP contribution in [0.4, 0.5) is 0 Å². The second-order valence-electron chi connectivity index (χ2n) is 6.82. The van der Waals surface area contributed by atoms with Gasteiger partial charge in [-0.3, -0.25) is 4.79 Å². The van der Waals surface area contributed by atoms with Crippen LogP contribution < -0.4 is 10.1 Å².